The minimum atomic E-state index is -4.28. The Morgan fingerprint density at radius 1 is 1.53 bits per heavy atom. The molecule has 1 unspecified atom stereocenters. The van der Waals surface area contributed by atoms with Crippen molar-refractivity contribution in [1.82, 2.24) is 14.3 Å². The van der Waals surface area contributed by atoms with Gasteiger partial charge in [-0.2, -0.15) is 12.7 Å². The Labute approximate surface area is 97.3 Å². The first-order chi connectivity index (χ1) is 7.77. The van der Waals surface area contributed by atoms with Crippen LogP contribution in [0.25, 0.3) is 0 Å². The minimum absolute atomic E-state index is 0.542. The Kier molecular flexibility index (Phi) is 3.68. The lowest BCUT2D eigenvalue weighted by Crippen LogP contribution is -2.61. The lowest BCUT2D eigenvalue weighted by atomic mass is 10.2. The largest absolute Gasteiger partial charge is 0.452 e. The predicted octanol–water partition coefficient (Wildman–Crippen LogP) is -2.07. The maximum atomic E-state index is 11.6. The highest BCUT2D eigenvalue weighted by Gasteiger charge is 2.39. The number of nitrogens with zero attached hydrogens (tertiary/aromatic N) is 1. The molecule has 0 aromatic carbocycles. The van der Waals surface area contributed by atoms with Gasteiger partial charge in [0.05, 0.1) is 13.7 Å². The number of carbonyl (C=O) groups excluding carboxylic acids is 3. The van der Waals surface area contributed by atoms with Crippen LogP contribution in [0, 0.1) is 0 Å². The number of nitrogens with one attached hydrogen (secondary N) is 2. The second-order valence-corrected chi connectivity index (χ2v) is 4.86. The summed E-state index contributed by atoms with van der Waals surface area (Å²) in [6, 6.07) is -1.09. The van der Waals surface area contributed by atoms with Crippen molar-refractivity contribution >= 4 is 28.1 Å². The molecule has 3 amide bonds. The van der Waals surface area contributed by atoms with Crippen LogP contribution in [0.3, 0.4) is 0 Å². The molecule has 0 radical (unpaired) electrons. The second-order valence-electron chi connectivity index (χ2n) is 3.23. The molecule has 0 aromatic rings. The summed E-state index contributed by atoms with van der Waals surface area (Å²) in [5.41, 5.74) is 0. The topological polar surface area (TPSA) is 122 Å². The Bertz CT molecular complexity index is 458. The van der Waals surface area contributed by atoms with Gasteiger partial charge in [0.2, 0.25) is 11.8 Å². The number of hydrogen-bond acceptors (Lipinski definition) is 6. The predicted molar refractivity (Wildman–Crippen MR) is 53.8 cm³/mol. The maximum absolute atomic E-state index is 11.6. The van der Waals surface area contributed by atoms with E-state index in [4.69, 9.17) is 0 Å². The first-order valence-corrected chi connectivity index (χ1v) is 5.93. The van der Waals surface area contributed by atoms with E-state index in [9.17, 15) is 22.8 Å². The molecule has 17 heavy (non-hydrogen) atoms. The zero-order valence-electron chi connectivity index (χ0n) is 9.09. The molecular formula is C7H11N3O6S. The molecule has 1 atom stereocenters. The van der Waals surface area contributed by atoms with E-state index < -0.39 is 40.7 Å². The molecule has 96 valence electrons. The molecule has 0 aliphatic carbocycles. The lowest BCUT2D eigenvalue weighted by molar-refractivity contribution is -0.136. The Balaban J connectivity index is 2.93. The zero-order valence-corrected chi connectivity index (χ0v) is 9.91. The first kappa shape index (κ1) is 13.4. The van der Waals surface area contributed by atoms with Crippen LogP contribution in [-0.4, -0.2) is 50.3 Å². The number of rotatable bonds is 2. The van der Waals surface area contributed by atoms with Crippen molar-refractivity contribution in [3.05, 3.63) is 0 Å². The number of imide groups is 1. The normalized spacial score (nSPS) is 21.9. The standard InChI is InChI=1S/C7H11N3O6S/c1-4-6(12)8-5(11)3-10(4)17(14,15)9-7(13)16-2/h4H,3H2,1-2H3,(H,9,13)(H,8,11,12). The molecule has 1 heterocycles. The fourth-order valence-corrected chi connectivity index (χ4v) is 2.40. The van der Waals surface area contributed by atoms with Gasteiger partial charge in [0, 0.05) is 0 Å². The van der Waals surface area contributed by atoms with E-state index in [2.05, 4.69) is 4.74 Å². The third-order valence-corrected chi connectivity index (χ3v) is 3.57. The van der Waals surface area contributed by atoms with E-state index in [0.717, 1.165) is 7.11 Å². The average molecular weight is 265 g/mol. The van der Waals surface area contributed by atoms with Gasteiger partial charge in [0.15, 0.2) is 0 Å². The molecule has 9 nitrogen and oxygen atoms in total. The molecule has 1 aliphatic heterocycles. The van der Waals surface area contributed by atoms with Crippen molar-refractivity contribution in [3.8, 4) is 0 Å². The zero-order chi connectivity index (χ0) is 13.2. The van der Waals surface area contributed by atoms with Gasteiger partial charge in [0.1, 0.15) is 6.04 Å². The quantitative estimate of drug-likeness (QED) is 0.553. The first-order valence-electron chi connectivity index (χ1n) is 4.49. The van der Waals surface area contributed by atoms with Crippen molar-refractivity contribution in [3.63, 3.8) is 0 Å². The van der Waals surface area contributed by atoms with E-state index >= 15 is 0 Å². The highest BCUT2D eigenvalue weighted by molar-refractivity contribution is 7.87. The third-order valence-electron chi connectivity index (χ3n) is 2.08. The fraction of sp³-hybridized carbons (Fsp3) is 0.571. The second kappa shape index (κ2) is 4.67. The van der Waals surface area contributed by atoms with E-state index in [1.807, 2.05) is 5.32 Å². The van der Waals surface area contributed by atoms with Crippen molar-refractivity contribution in [1.29, 1.82) is 0 Å². The van der Waals surface area contributed by atoms with Crippen molar-refractivity contribution < 1.29 is 27.5 Å². The summed E-state index contributed by atoms with van der Waals surface area (Å²) in [5, 5.41) is 1.97. The van der Waals surface area contributed by atoms with Gasteiger partial charge >= 0.3 is 16.3 Å². The van der Waals surface area contributed by atoms with Gasteiger partial charge in [-0.05, 0) is 6.92 Å². The number of methoxy groups -OCH3 is 1. The van der Waals surface area contributed by atoms with Crippen LogP contribution in [-0.2, 0) is 24.5 Å². The van der Waals surface area contributed by atoms with Gasteiger partial charge in [-0.1, -0.05) is 0 Å². The molecule has 1 fully saturated rings. The smallest absolute Gasteiger partial charge is 0.421 e. The Morgan fingerprint density at radius 2 is 2.12 bits per heavy atom. The molecule has 10 heteroatoms. The summed E-state index contributed by atoms with van der Waals surface area (Å²) in [5.74, 6) is -1.51. The van der Waals surface area contributed by atoms with E-state index in [1.165, 1.54) is 6.92 Å². The third kappa shape index (κ3) is 2.91. The highest BCUT2D eigenvalue weighted by atomic mass is 32.2. The summed E-state index contributed by atoms with van der Waals surface area (Å²) in [6.07, 6.45) is -1.20. The summed E-state index contributed by atoms with van der Waals surface area (Å²) in [4.78, 5) is 33.1. The van der Waals surface area contributed by atoms with Crippen LogP contribution < -0.4 is 10.0 Å². The number of ether oxygens (including phenoxy) is 1. The number of carbonyl (C=O) groups is 3. The number of piperazine rings is 1. The van der Waals surface area contributed by atoms with Crippen LogP contribution in [0.5, 0.6) is 0 Å². The summed E-state index contributed by atoms with van der Waals surface area (Å²) in [7, 11) is -3.29. The van der Waals surface area contributed by atoms with Gasteiger partial charge in [0.25, 0.3) is 0 Å². The molecule has 0 bridgehead atoms. The van der Waals surface area contributed by atoms with Crippen LogP contribution in [0.1, 0.15) is 6.92 Å². The van der Waals surface area contributed by atoms with Gasteiger partial charge in [-0.25, -0.2) is 9.52 Å². The van der Waals surface area contributed by atoms with Crippen LogP contribution in [0.2, 0.25) is 0 Å². The van der Waals surface area contributed by atoms with Crippen molar-refractivity contribution in [2.24, 2.45) is 0 Å². The molecule has 2 N–H and O–H groups in total. The van der Waals surface area contributed by atoms with Gasteiger partial charge < -0.3 is 4.74 Å². The van der Waals surface area contributed by atoms with Crippen molar-refractivity contribution in [2.75, 3.05) is 13.7 Å². The number of amides is 3. The SMILES string of the molecule is COC(=O)NS(=O)(=O)N1CC(=O)NC(=O)C1C. The molecule has 0 aromatic heterocycles. The Morgan fingerprint density at radius 3 is 2.65 bits per heavy atom. The summed E-state index contributed by atoms with van der Waals surface area (Å²) >= 11 is 0. The fourth-order valence-electron chi connectivity index (χ4n) is 1.19. The highest BCUT2D eigenvalue weighted by Crippen LogP contribution is 2.09. The van der Waals surface area contributed by atoms with Crippen LogP contribution in [0.4, 0.5) is 4.79 Å². The monoisotopic (exact) mass is 265 g/mol. The lowest BCUT2D eigenvalue weighted by Gasteiger charge is -2.30. The van der Waals surface area contributed by atoms with E-state index in [1.54, 1.807) is 4.72 Å². The maximum Gasteiger partial charge on any atom is 0.421 e. The molecule has 1 aliphatic rings. The van der Waals surface area contributed by atoms with Crippen LogP contribution >= 0.6 is 0 Å². The van der Waals surface area contributed by atoms with E-state index in [0.29, 0.717) is 4.31 Å². The van der Waals surface area contributed by atoms with E-state index in [-0.39, 0.29) is 0 Å². The molecule has 1 saturated heterocycles. The van der Waals surface area contributed by atoms with Crippen molar-refractivity contribution in [2.45, 2.75) is 13.0 Å². The average Bonchev–Trinajstić information content (AvgIpc) is 2.22. The Hall–Kier alpha value is -1.68. The molecular weight excluding hydrogens is 254 g/mol. The molecule has 0 saturated carbocycles. The number of hydrogen-bond donors (Lipinski definition) is 2. The molecule has 1 rings (SSSR count). The van der Waals surface area contributed by atoms with Crippen LogP contribution in [0.15, 0.2) is 0 Å². The summed E-state index contributed by atoms with van der Waals surface area (Å²) < 4.78 is 29.5. The van der Waals surface area contributed by atoms with Gasteiger partial charge in [-0.15, -0.1) is 0 Å². The summed E-state index contributed by atoms with van der Waals surface area (Å²) in [6.45, 7) is 0.748. The molecule has 0 spiro atoms. The minimum Gasteiger partial charge on any atom is -0.452 e. The van der Waals surface area contributed by atoms with Gasteiger partial charge in [-0.3, -0.25) is 14.9 Å².